The molecule has 0 spiro atoms. The number of hydrogen-bond acceptors (Lipinski definition) is 4. The number of unbranched alkanes of at least 4 members (excludes halogenated alkanes) is 2. The Labute approximate surface area is 125 Å². The van der Waals surface area contributed by atoms with Crippen molar-refractivity contribution < 1.29 is 19.1 Å². The van der Waals surface area contributed by atoms with Gasteiger partial charge in [0.05, 0.1) is 0 Å². The van der Waals surface area contributed by atoms with Gasteiger partial charge in [0.1, 0.15) is 24.7 Å². The lowest BCUT2D eigenvalue weighted by molar-refractivity contribution is -0.150. The molecule has 0 aromatic carbocycles. The Bertz CT molecular complexity index is 261. The largest absolute Gasteiger partial charge is 0.462 e. The van der Waals surface area contributed by atoms with E-state index in [0.717, 1.165) is 24.3 Å². The Morgan fingerprint density at radius 2 is 1.35 bits per heavy atom. The highest BCUT2D eigenvalue weighted by Gasteiger charge is 2.22. The molecule has 0 aromatic rings. The number of hydrogen-bond donors (Lipinski definition) is 0. The lowest BCUT2D eigenvalue weighted by Crippen LogP contribution is -2.25. The maximum Gasteiger partial charge on any atom is 0.356 e. The summed E-state index contributed by atoms with van der Waals surface area (Å²) < 4.78 is 9.98. The first kappa shape index (κ1) is 19.3. The van der Waals surface area contributed by atoms with Gasteiger partial charge < -0.3 is 9.47 Å². The highest BCUT2D eigenvalue weighted by Crippen LogP contribution is 2.06. The summed E-state index contributed by atoms with van der Waals surface area (Å²) in [4.78, 5) is 22.6. The molecule has 20 heavy (non-hydrogen) atoms. The molecule has 0 rings (SSSR count). The van der Waals surface area contributed by atoms with E-state index in [9.17, 15) is 9.59 Å². The second-order valence-electron chi connectivity index (χ2n) is 4.67. The van der Waals surface area contributed by atoms with Crippen LogP contribution < -0.4 is 0 Å². The molecular weight excluding hydrogens is 276 g/mol. The Balaban J connectivity index is 3.83. The third kappa shape index (κ3) is 11.1. The minimum atomic E-state index is -0.258. The number of esters is 2. The van der Waals surface area contributed by atoms with Crippen molar-refractivity contribution >= 4 is 22.8 Å². The lowest BCUT2D eigenvalue weighted by Gasteiger charge is -2.09. The third-order valence-corrected chi connectivity index (χ3v) is 5.17. The molecule has 0 N–H and O–H groups in total. The van der Waals surface area contributed by atoms with E-state index in [-0.39, 0.29) is 36.0 Å². The van der Waals surface area contributed by atoms with Crippen LogP contribution in [0.15, 0.2) is 0 Å². The smallest absolute Gasteiger partial charge is 0.356 e. The van der Waals surface area contributed by atoms with Crippen LogP contribution in [-0.2, 0) is 30.0 Å². The molecule has 0 bridgehead atoms. The molecule has 0 aliphatic heterocycles. The van der Waals surface area contributed by atoms with Gasteiger partial charge in [-0.3, -0.25) is 4.79 Å². The molecule has 0 aliphatic rings. The molecule has 0 aliphatic carbocycles. The number of ether oxygens (including phenoxy) is 2. The molecule has 0 saturated carbocycles. The van der Waals surface area contributed by atoms with Crippen LogP contribution in [0.5, 0.6) is 0 Å². The van der Waals surface area contributed by atoms with Gasteiger partial charge in [-0.1, -0.05) is 33.6 Å². The van der Waals surface area contributed by atoms with Crippen molar-refractivity contribution in [2.75, 3.05) is 30.5 Å². The molecule has 0 atom stereocenters. The molecule has 4 nitrogen and oxygen atoms in total. The minimum absolute atomic E-state index is 0.148. The van der Waals surface area contributed by atoms with Gasteiger partial charge in [0.15, 0.2) is 0 Å². The molecule has 0 fully saturated rings. The van der Waals surface area contributed by atoms with Crippen molar-refractivity contribution in [3.63, 3.8) is 0 Å². The number of rotatable bonds is 12. The van der Waals surface area contributed by atoms with E-state index in [0.29, 0.717) is 12.2 Å². The SMILES string of the molecule is CCCC[S+](CCCC)CC(=O)OCCOC(=O)CC. The van der Waals surface area contributed by atoms with Gasteiger partial charge >= 0.3 is 11.9 Å². The normalized spacial score (nSPS) is 10.6. The molecule has 0 amide bonds. The second-order valence-corrected chi connectivity index (χ2v) is 7.00. The standard InChI is InChI=1S/C15H29O4S/c1-4-7-11-20(12-8-5-2)13-15(17)19-10-9-18-14(16)6-3/h4-13H2,1-3H3/q+1. The van der Waals surface area contributed by atoms with Crippen molar-refractivity contribution in [3.8, 4) is 0 Å². The number of carbonyl (C=O) groups excluding carboxylic acids is 2. The summed E-state index contributed by atoms with van der Waals surface area (Å²) in [7, 11) is 0.148. The van der Waals surface area contributed by atoms with E-state index in [1.54, 1.807) is 6.92 Å². The Morgan fingerprint density at radius 1 is 0.850 bits per heavy atom. The van der Waals surface area contributed by atoms with Gasteiger partial charge in [0.25, 0.3) is 0 Å². The monoisotopic (exact) mass is 305 g/mol. The van der Waals surface area contributed by atoms with Crippen LogP contribution in [0.25, 0.3) is 0 Å². The molecule has 0 heterocycles. The van der Waals surface area contributed by atoms with Crippen molar-refractivity contribution in [1.82, 2.24) is 0 Å². The van der Waals surface area contributed by atoms with Crippen molar-refractivity contribution in [1.29, 1.82) is 0 Å². The van der Waals surface area contributed by atoms with E-state index in [4.69, 9.17) is 9.47 Å². The van der Waals surface area contributed by atoms with E-state index < -0.39 is 0 Å². The minimum Gasteiger partial charge on any atom is -0.462 e. The summed E-state index contributed by atoms with van der Waals surface area (Å²) in [6.07, 6.45) is 5.03. The first-order valence-corrected chi connectivity index (χ1v) is 9.32. The Morgan fingerprint density at radius 3 is 1.80 bits per heavy atom. The van der Waals surface area contributed by atoms with Gasteiger partial charge in [0.2, 0.25) is 5.75 Å². The quantitative estimate of drug-likeness (QED) is 0.316. The zero-order chi connectivity index (χ0) is 15.2. The maximum atomic E-state index is 11.7. The first-order chi connectivity index (χ1) is 9.63. The summed E-state index contributed by atoms with van der Waals surface area (Å²) >= 11 is 0. The molecule has 5 heteroatoms. The van der Waals surface area contributed by atoms with Crippen molar-refractivity contribution in [2.24, 2.45) is 0 Å². The van der Waals surface area contributed by atoms with Gasteiger partial charge in [-0.2, -0.15) is 0 Å². The predicted molar refractivity (Wildman–Crippen MR) is 84.0 cm³/mol. The molecule has 0 unspecified atom stereocenters. The van der Waals surface area contributed by atoms with Crippen LogP contribution in [0.4, 0.5) is 0 Å². The highest BCUT2D eigenvalue weighted by atomic mass is 32.2. The average Bonchev–Trinajstić information content (AvgIpc) is 2.46. The average molecular weight is 305 g/mol. The van der Waals surface area contributed by atoms with Crippen LogP contribution in [-0.4, -0.2) is 42.4 Å². The fourth-order valence-corrected chi connectivity index (χ4v) is 3.87. The van der Waals surface area contributed by atoms with E-state index in [2.05, 4.69) is 13.8 Å². The Kier molecular flexibility index (Phi) is 12.8. The van der Waals surface area contributed by atoms with Gasteiger partial charge in [0, 0.05) is 6.42 Å². The summed E-state index contributed by atoms with van der Waals surface area (Å²) in [5, 5.41) is 0. The van der Waals surface area contributed by atoms with Gasteiger partial charge in [-0.25, -0.2) is 4.79 Å². The van der Waals surface area contributed by atoms with Crippen LogP contribution in [0.2, 0.25) is 0 Å². The molecule has 0 radical (unpaired) electrons. The zero-order valence-electron chi connectivity index (χ0n) is 13.1. The molecular formula is C15H29O4S+. The van der Waals surface area contributed by atoms with Gasteiger partial charge in [-0.15, -0.1) is 0 Å². The first-order valence-electron chi connectivity index (χ1n) is 7.59. The fraction of sp³-hybridized carbons (Fsp3) is 0.867. The summed E-state index contributed by atoms with van der Waals surface area (Å²) in [5.41, 5.74) is 0. The topological polar surface area (TPSA) is 52.6 Å². The van der Waals surface area contributed by atoms with Gasteiger partial charge in [-0.05, 0) is 23.7 Å². The fourth-order valence-electron chi connectivity index (χ4n) is 1.56. The van der Waals surface area contributed by atoms with Crippen molar-refractivity contribution in [2.45, 2.75) is 52.9 Å². The van der Waals surface area contributed by atoms with Crippen LogP contribution in [0.1, 0.15) is 52.9 Å². The number of carbonyl (C=O) groups is 2. The lowest BCUT2D eigenvalue weighted by atomic mass is 10.4. The second kappa shape index (κ2) is 13.3. The van der Waals surface area contributed by atoms with Crippen LogP contribution in [0, 0.1) is 0 Å². The summed E-state index contributed by atoms with van der Waals surface area (Å²) in [5.74, 6) is 2.34. The van der Waals surface area contributed by atoms with E-state index >= 15 is 0 Å². The van der Waals surface area contributed by atoms with Crippen molar-refractivity contribution in [3.05, 3.63) is 0 Å². The third-order valence-electron chi connectivity index (χ3n) is 2.79. The molecule has 0 aromatic heterocycles. The molecule has 0 saturated heterocycles. The predicted octanol–water partition coefficient (Wildman–Crippen LogP) is 2.70. The molecule has 118 valence electrons. The van der Waals surface area contributed by atoms with E-state index in [1.165, 1.54) is 12.8 Å². The van der Waals surface area contributed by atoms with Crippen LogP contribution >= 0.6 is 0 Å². The van der Waals surface area contributed by atoms with Crippen LogP contribution in [0.3, 0.4) is 0 Å². The maximum absolute atomic E-state index is 11.7. The highest BCUT2D eigenvalue weighted by molar-refractivity contribution is 7.97. The summed E-state index contributed by atoms with van der Waals surface area (Å²) in [6.45, 7) is 6.41. The summed E-state index contributed by atoms with van der Waals surface area (Å²) in [6, 6.07) is 0. The zero-order valence-corrected chi connectivity index (χ0v) is 13.9. The Hall–Kier alpha value is -0.710. The van der Waals surface area contributed by atoms with E-state index in [1.807, 2.05) is 0 Å².